The lowest BCUT2D eigenvalue weighted by Crippen LogP contribution is -2.35. The highest BCUT2D eigenvalue weighted by Gasteiger charge is 2.37. The normalized spacial score (nSPS) is 17.8. The quantitative estimate of drug-likeness (QED) is 0.819. The van der Waals surface area contributed by atoms with Crippen LogP contribution in [0.25, 0.3) is 6.08 Å². The summed E-state index contributed by atoms with van der Waals surface area (Å²) in [5.41, 5.74) is 5.93. The Balaban J connectivity index is 2.59. The molecule has 1 atom stereocenters. The summed E-state index contributed by atoms with van der Waals surface area (Å²) in [7, 11) is -2.63. The molecule has 0 aromatic heterocycles. The Kier molecular flexibility index (Phi) is 3.18. The molecule has 0 fully saturated rings. The molecule has 18 heavy (non-hydrogen) atoms. The summed E-state index contributed by atoms with van der Waals surface area (Å²) in [5, 5.41) is 0.295. The third kappa shape index (κ3) is 1.82. The van der Waals surface area contributed by atoms with Crippen molar-refractivity contribution in [2.24, 2.45) is 5.73 Å². The van der Waals surface area contributed by atoms with Crippen molar-refractivity contribution < 1.29 is 17.9 Å². The molecule has 0 amide bonds. The Labute approximate surface area is 109 Å². The smallest absolute Gasteiger partial charge is 0.328 e. The van der Waals surface area contributed by atoms with E-state index >= 15 is 0 Å². The van der Waals surface area contributed by atoms with Gasteiger partial charge >= 0.3 is 5.97 Å². The van der Waals surface area contributed by atoms with E-state index in [-0.39, 0.29) is 9.80 Å². The first-order valence-corrected chi connectivity index (χ1v) is 6.84. The summed E-state index contributed by atoms with van der Waals surface area (Å²) < 4.78 is 28.8. The Morgan fingerprint density at radius 3 is 2.67 bits per heavy atom. The number of nitrogens with two attached hydrogens (primary N) is 1. The van der Waals surface area contributed by atoms with Crippen molar-refractivity contribution >= 4 is 33.5 Å². The summed E-state index contributed by atoms with van der Waals surface area (Å²) in [6, 6.07) is 3.17. The van der Waals surface area contributed by atoms with Crippen LogP contribution in [0, 0.1) is 0 Å². The summed E-state index contributed by atoms with van der Waals surface area (Å²) in [4.78, 5) is 11.2. The van der Waals surface area contributed by atoms with Gasteiger partial charge in [0.15, 0.2) is 0 Å². The molecule has 0 spiro atoms. The standard InChI is InChI=1S/C11H10ClNO4S/c1-17-11(14)10(13)9-5-6-7(12)3-2-4-8(6)18(9,15)16/h2-5,10H,13H2,1H3. The van der Waals surface area contributed by atoms with Crippen molar-refractivity contribution in [3.63, 3.8) is 0 Å². The molecule has 5 nitrogen and oxygen atoms in total. The molecule has 0 bridgehead atoms. The summed E-state index contributed by atoms with van der Waals surface area (Å²) >= 11 is 5.91. The van der Waals surface area contributed by atoms with E-state index in [1.54, 1.807) is 6.07 Å². The van der Waals surface area contributed by atoms with Gasteiger partial charge < -0.3 is 10.5 Å². The number of carbonyl (C=O) groups is 1. The summed E-state index contributed by atoms with van der Waals surface area (Å²) in [6.07, 6.45) is 1.31. The highest BCUT2D eigenvalue weighted by atomic mass is 35.5. The highest BCUT2D eigenvalue weighted by molar-refractivity contribution is 7.96. The molecule has 1 aromatic carbocycles. The minimum absolute atomic E-state index is 0.0596. The van der Waals surface area contributed by atoms with Gasteiger partial charge in [-0.3, -0.25) is 0 Å². The Hall–Kier alpha value is -1.37. The zero-order valence-corrected chi connectivity index (χ0v) is 11.0. The van der Waals surface area contributed by atoms with Crippen molar-refractivity contribution in [1.29, 1.82) is 0 Å². The second-order valence-electron chi connectivity index (χ2n) is 3.70. The Morgan fingerprint density at radius 2 is 2.11 bits per heavy atom. The molecule has 1 aliphatic rings. The van der Waals surface area contributed by atoms with Crippen molar-refractivity contribution in [1.82, 2.24) is 0 Å². The molecule has 0 aliphatic carbocycles. The number of benzene rings is 1. The number of fused-ring (bicyclic) bond motifs is 1. The first-order chi connectivity index (χ1) is 8.39. The molecule has 2 rings (SSSR count). The SMILES string of the molecule is COC(=O)C(N)C1=Cc2c(Cl)cccc2S1(=O)=O. The third-order valence-electron chi connectivity index (χ3n) is 2.66. The summed E-state index contributed by atoms with van der Waals surface area (Å²) in [6.45, 7) is 0. The largest absolute Gasteiger partial charge is 0.468 e. The maximum atomic E-state index is 12.2. The van der Waals surface area contributed by atoms with Crippen LogP contribution in [-0.4, -0.2) is 27.5 Å². The van der Waals surface area contributed by atoms with Gasteiger partial charge in [-0.25, -0.2) is 13.2 Å². The number of halogens is 1. The minimum atomic E-state index is -3.77. The fourth-order valence-corrected chi connectivity index (χ4v) is 3.70. The van der Waals surface area contributed by atoms with E-state index in [0.717, 1.165) is 7.11 Å². The van der Waals surface area contributed by atoms with Crippen molar-refractivity contribution in [2.75, 3.05) is 7.11 Å². The van der Waals surface area contributed by atoms with Crippen LogP contribution >= 0.6 is 11.6 Å². The minimum Gasteiger partial charge on any atom is -0.468 e. The lowest BCUT2D eigenvalue weighted by molar-refractivity contribution is -0.141. The van der Waals surface area contributed by atoms with Crippen molar-refractivity contribution in [3.05, 3.63) is 33.7 Å². The second-order valence-corrected chi connectivity index (χ2v) is 6.03. The van der Waals surface area contributed by atoms with Crippen molar-refractivity contribution in [3.8, 4) is 0 Å². The molecular formula is C11H10ClNO4S. The molecule has 96 valence electrons. The number of methoxy groups -OCH3 is 1. The zero-order valence-electron chi connectivity index (χ0n) is 9.38. The van der Waals surface area contributed by atoms with Crippen LogP contribution in [0.1, 0.15) is 5.56 Å². The molecular weight excluding hydrogens is 278 g/mol. The van der Waals surface area contributed by atoms with Crippen LogP contribution in [-0.2, 0) is 19.4 Å². The number of sulfone groups is 1. The van der Waals surface area contributed by atoms with E-state index in [9.17, 15) is 13.2 Å². The maximum Gasteiger partial charge on any atom is 0.328 e. The molecule has 0 saturated carbocycles. The predicted octanol–water partition coefficient (Wildman–Crippen LogP) is 0.969. The number of carbonyl (C=O) groups excluding carboxylic acids is 1. The van der Waals surface area contributed by atoms with Gasteiger partial charge in [0.2, 0.25) is 9.84 Å². The average molecular weight is 288 g/mol. The molecule has 0 radical (unpaired) electrons. The second kappa shape index (κ2) is 4.38. The maximum absolute atomic E-state index is 12.2. The lowest BCUT2D eigenvalue weighted by Gasteiger charge is -2.10. The first-order valence-electron chi connectivity index (χ1n) is 4.98. The first kappa shape index (κ1) is 13.1. The van der Waals surface area contributed by atoms with E-state index in [1.165, 1.54) is 18.2 Å². The van der Waals surface area contributed by atoms with Crippen LogP contribution in [0.5, 0.6) is 0 Å². The van der Waals surface area contributed by atoms with Gasteiger partial charge in [-0.05, 0) is 18.2 Å². The third-order valence-corrected chi connectivity index (χ3v) is 4.92. The van der Waals surface area contributed by atoms with Gasteiger partial charge in [-0.1, -0.05) is 17.7 Å². The molecule has 1 aliphatic heterocycles. The number of hydrogen-bond acceptors (Lipinski definition) is 5. The molecule has 0 saturated heterocycles. The van der Waals surface area contributed by atoms with E-state index < -0.39 is 21.8 Å². The summed E-state index contributed by atoms with van der Waals surface area (Å²) in [5.74, 6) is -0.811. The van der Waals surface area contributed by atoms with Gasteiger partial charge in [-0.2, -0.15) is 0 Å². The average Bonchev–Trinajstić information content (AvgIpc) is 2.61. The van der Waals surface area contributed by atoms with Gasteiger partial charge in [0, 0.05) is 10.6 Å². The number of hydrogen-bond donors (Lipinski definition) is 1. The number of ether oxygens (including phenoxy) is 1. The predicted molar refractivity (Wildman–Crippen MR) is 66.6 cm³/mol. The molecule has 7 heteroatoms. The number of esters is 1. The highest BCUT2D eigenvalue weighted by Crippen LogP contribution is 2.37. The van der Waals surface area contributed by atoms with Crippen LogP contribution in [0.15, 0.2) is 28.0 Å². The Morgan fingerprint density at radius 1 is 1.44 bits per heavy atom. The van der Waals surface area contributed by atoms with E-state index in [1.807, 2.05) is 0 Å². The zero-order chi connectivity index (χ0) is 13.5. The molecule has 1 heterocycles. The van der Waals surface area contributed by atoms with Crippen LogP contribution in [0.3, 0.4) is 0 Å². The van der Waals surface area contributed by atoms with E-state index in [4.69, 9.17) is 17.3 Å². The fourth-order valence-electron chi connectivity index (χ4n) is 1.74. The van der Waals surface area contributed by atoms with E-state index in [2.05, 4.69) is 4.74 Å². The molecule has 1 unspecified atom stereocenters. The monoisotopic (exact) mass is 287 g/mol. The van der Waals surface area contributed by atoms with Gasteiger partial charge in [0.25, 0.3) is 0 Å². The topological polar surface area (TPSA) is 86.5 Å². The lowest BCUT2D eigenvalue weighted by atomic mass is 10.2. The van der Waals surface area contributed by atoms with Gasteiger partial charge in [-0.15, -0.1) is 0 Å². The van der Waals surface area contributed by atoms with Gasteiger partial charge in [0.05, 0.1) is 16.9 Å². The van der Waals surface area contributed by atoms with Gasteiger partial charge in [0.1, 0.15) is 6.04 Å². The molecule has 2 N–H and O–H groups in total. The fraction of sp³-hybridized carbons (Fsp3) is 0.182. The van der Waals surface area contributed by atoms with Crippen LogP contribution in [0.4, 0.5) is 0 Å². The van der Waals surface area contributed by atoms with Crippen molar-refractivity contribution in [2.45, 2.75) is 10.9 Å². The number of rotatable bonds is 2. The van der Waals surface area contributed by atoms with Crippen LogP contribution < -0.4 is 5.73 Å². The van der Waals surface area contributed by atoms with Crippen LogP contribution in [0.2, 0.25) is 5.02 Å². The van der Waals surface area contributed by atoms with E-state index in [0.29, 0.717) is 10.6 Å². The molecule has 1 aromatic rings. The Bertz CT molecular complexity index is 651.